The number of rotatable bonds is 20. The summed E-state index contributed by atoms with van der Waals surface area (Å²) in [7, 11) is 2.73. The number of hydrogen-bond donors (Lipinski definition) is 5. The standard InChI is InChI=1S/C23H26F2N4O6.C21H28F2N2O4/c1-14(27-21(30)12-16-9-17(24)13-18(25)10-16)22(31)28-20(23(32)26-7-8-35-2)11-15-3-5-19(6-4-15)29(33)34;1-13(24-19(26)11-15-8-16(22)12-17(23)9-15)20(27)25-18(21(28)29-2)10-14-6-4-3-5-7-14/h3-6,9-10,13-14,20H,7-8,11-12H2,1-2H3,(H,26,32)(H,27,30)(H,28,31);8-9,12-14,18H,3-7,10-11H2,1-2H3,(H,24,26)(H,25,27)/t14-,20-;13-,18-/m00/s1. The Morgan fingerprint density at radius 1 is 0.672 bits per heavy atom. The van der Waals surface area contributed by atoms with E-state index in [0.717, 1.165) is 56.0 Å². The lowest BCUT2D eigenvalue weighted by molar-refractivity contribution is -0.384. The van der Waals surface area contributed by atoms with Crippen molar-refractivity contribution in [2.24, 2.45) is 5.92 Å². The molecular weight excluding hydrogens is 849 g/mol. The van der Waals surface area contributed by atoms with Crippen molar-refractivity contribution in [3.05, 3.63) is 111 Å². The largest absolute Gasteiger partial charge is 0.467 e. The third-order valence-electron chi connectivity index (χ3n) is 10.0. The van der Waals surface area contributed by atoms with Gasteiger partial charge in [0.25, 0.3) is 5.69 Å². The second kappa shape index (κ2) is 26.2. The van der Waals surface area contributed by atoms with Crippen LogP contribution in [0.15, 0.2) is 60.7 Å². The number of halogens is 4. The first-order valence-electron chi connectivity index (χ1n) is 20.5. The Labute approximate surface area is 367 Å². The van der Waals surface area contributed by atoms with E-state index in [9.17, 15) is 56.4 Å². The lowest BCUT2D eigenvalue weighted by atomic mass is 9.85. The normalized spacial score (nSPS) is 14.2. The second-order valence-corrected chi connectivity index (χ2v) is 15.3. The fourth-order valence-electron chi connectivity index (χ4n) is 6.82. The third kappa shape index (κ3) is 18.5. The second-order valence-electron chi connectivity index (χ2n) is 15.3. The number of amides is 5. The molecular formula is C44H54F4N6O10. The summed E-state index contributed by atoms with van der Waals surface area (Å²) in [4.78, 5) is 84.5. The molecule has 0 heterocycles. The predicted molar refractivity (Wildman–Crippen MR) is 224 cm³/mol. The van der Waals surface area contributed by atoms with Crippen LogP contribution in [0, 0.1) is 39.3 Å². The predicted octanol–water partition coefficient (Wildman–Crippen LogP) is 4.05. The Kier molecular flexibility index (Phi) is 21.3. The fourth-order valence-corrected chi connectivity index (χ4v) is 6.82. The molecule has 348 valence electrons. The van der Waals surface area contributed by atoms with Crippen molar-refractivity contribution in [2.45, 2.75) is 95.8 Å². The van der Waals surface area contributed by atoms with E-state index in [1.54, 1.807) is 0 Å². The number of benzene rings is 3. The van der Waals surface area contributed by atoms with E-state index in [-0.39, 0.29) is 49.2 Å². The molecule has 64 heavy (non-hydrogen) atoms. The van der Waals surface area contributed by atoms with E-state index >= 15 is 0 Å². The van der Waals surface area contributed by atoms with Crippen LogP contribution in [-0.4, -0.2) is 92.0 Å². The Morgan fingerprint density at radius 2 is 1.14 bits per heavy atom. The average molecular weight is 903 g/mol. The van der Waals surface area contributed by atoms with Gasteiger partial charge in [-0.3, -0.25) is 34.1 Å². The van der Waals surface area contributed by atoms with E-state index in [2.05, 4.69) is 26.6 Å². The molecule has 16 nitrogen and oxygen atoms in total. The molecule has 1 aliphatic rings. The summed E-state index contributed by atoms with van der Waals surface area (Å²) in [6.07, 6.45) is 5.35. The van der Waals surface area contributed by atoms with Gasteiger partial charge >= 0.3 is 5.97 Å². The minimum absolute atomic E-state index is 0.0335. The lowest BCUT2D eigenvalue weighted by Crippen LogP contribution is -2.54. The SMILES string of the molecule is COC(=O)[C@H](CC1CCCCC1)NC(=O)[C@H](C)NC(=O)Cc1cc(F)cc(F)c1.COCCNC(=O)[C@H](Cc1ccc([N+](=O)[O-])cc1)NC(=O)[C@H](C)NC(=O)Cc1cc(F)cc(F)c1. The molecule has 5 amide bonds. The van der Waals surface area contributed by atoms with Crippen LogP contribution in [0.1, 0.15) is 69.1 Å². The van der Waals surface area contributed by atoms with Gasteiger partial charge in [-0.1, -0.05) is 44.2 Å². The highest BCUT2D eigenvalue weighted by molar-refractivity contribution is 5.92. The van der Waals surface area contributed by atoms with Crippen LogP contribution in [-0.2, 0) is 57.5 Å². The van der Waals surface area contributed by atoms with Crippen LogP contribution in [0.4, 0.5) is 23.2 Å². The number of nitrogens with one attached hydrogen (secondary N) is 5. The summed E-state index contributed by atoms with van der Waals surface area (Å²) in [5.74, 6) is -6.27. The first kappa shape index (κ1) is 51.9. The molecule has 0 bridgehead atoms. The number of hydrogen-bond acceptors (Lipinski definition) is 10. The summed E-state index contributed by atoms with van der Waals surface area (Å²) in [6.45, 7) is 3.31. The monoisotopic (exact) mass is 902 g/mol. The molecule has 1 saturated carbocycles. The molecule has 0 aliphatic heterocycles. The minimum Gasteiger partial charge on any atom is -0.467 e. The molecule has 3 aromatic carbocycles. The van der Waals surface area contributed by atoms with Gasteiger partial charge in [-0.15, -0.1) is 0 Å². The summed E-state index contributed by atoms with van der Waals surface area (Å²) in [5.41, 5.74) is 0.708. The number of esters is 1. The molecule has 5 N–H and O–H groups in total. The Balaban J connectivity index is 0.000000346. The summed E-state index contributed by atoms with van der Waals surface area (Å²) in [6, 6.07) is 7.27. The molecule has 0 spiro atoms. The Bertz CT molecular complexity index is 2050. The molecule has 4 atom stereocenters. The van der Waals surface area contributed by atoms with Gasteiger partial charge in [0.15, 0.2) is 0 Å². The molecule has 1 fully saturated rings. The number of non-ortho nitro benzene ring substituents is 1. The first-order chi connectivity index (χ1) is 30.4. The van der Waals surface area contributed by atoms with Crippen LogP contribution >= 0.6 is 0 Å². The topological polar surface area (TPSA) is 224 Å². The lowest BCUT2D eigenvalue weighted by Gasteiger charge is -2.26. The number of carbonyl (C=O) groups is 6. The van der Waals surface area contributed by atoms with Gasteiger partial charge in [-0.05, 0) is 67.1 Å². The smallest absolute Gasteiger partial charge is 0.328 e. The van der Waals surface area contributed by atoms with Gasteiger partial charge in [-0.2, -0.15) is 0 Å². The average Bonchev–Trinajstić information content (AvgIpc) is 3.22. The zero-order valence-electron chi connectivity index (χ0n) is 36.0. The number of nitro groups is 1. The van der Waals surface area contributed by atoms with Gasteiger partial charge < -0.3 is 36.1 Å². The minimum atomic E-state index is -1.06. The zero-order chi connectivity index (χ0) is 47.3. The van der Waals surface area contributed by atoms with Gasteiger partial charge in [0.2, 0.25) is 29.5 Å². The van der Waals surface area contributed by atoms with Crippen molar-refractivity contribution in [1.29, 1.82) is 0 Å². The number of ether oxygens (including phenoxy) is 2. The number of nitro benzene ring substituents is 1. The highest BCUT2D eigenvalue weighted by Gasteiger charge is 2.29. The van der Waals surface area contributed by atoms with Crippen LogP contribution < -0.4 is 26.6 Å². The van der Waals surface area contributed by atoms with Crippen molar-refractivity contribution in [3.63, 3.8) is 0 Å². The van der Waals surface area contributed by atoms with Crippen molar-refractivity contribution in [1.82, 2.24) is 26.6 Å². The maximum Gasteiger partial charge on any atom is 0.328 e. The molecule has 3 aromatic rings. The van der Waals surface area contributed by atoms with Crippen LogP contribution in [0.2, 0.25) is 0 Å². The van der Waals surface area contributed by atoms with E-state index in [1.165, 1.54) is 58.8 Å². The molecule has 1 aliphatic carbocycles. The van der Waals surface area contributed by atoms with E-state index in [0.29, 0.717) is 24.0 Å². The fraction of sp³-hybridized carbons (Fsp3) is 0.455. The van der Waals surface area contributed by atoms with Crippen molar-refractivity contribution < 1.29 is 60.7 Å². The highest BCUT2D eigenvalue weighted by atomic mass is 19.1. The van der Waals surface area contributed by atoms with Gasteiger partial charge in [0, 0.05) is 44.3 Å². The van der Waals surface area contributed by atoms with E-state index in [4.69, 9.17) is 9.47 Å². The van der Waals surface area contributed by atoms with Crippen LogP contribution in [0.5, 0.6) is 0 Å². The third-order valence-corrected chi connectivity index (χ3v) is 10.0. The van der Waals surface area contributed by atoms with E-state index in [1.807, 2.05) is 0 Å². The molecule has 0 unspecified atom stereocenters. The first-order valence-corrected chi connectivity index (χ1v) is 20.5. The Morgan fingerprint density at radius 3 is 1.58 bits per heavy atom. The molecule has 20 heteroatoms. The summed E-state index contributed by atoms with van der Waals surface area (Å²) in [5, 5.41) is 23.6. The number of carbonyl (C=O) groups excluding carboxylic acids is 6. The van der Waals surface area contributed by atoms with Gasteiger partial charge in [0.05, 0.1) is 31.5 Å². The maximum absolute atomic E-state index is 13.3. The van der Waals surface area contributed by atoms with Crippen molar-refractivity contribution in [2.75, 3.05) is 27.4 Å². The molecule has 4 rings (SSSR count). The van der Waals surface area contributed by atoms with E-state index < -0.39 is 87.9 Å². The van der Waals surface area contributed by atoms with Gasteiger partial charge in [-0.25, -0.2) is 22.4 Å². The quantitative estimate of drug-likeness (QED) is 0.0360. The number of methoxy groups -OCH3 is 2. The molecule has 0 aromatic heterocycles. The molecule has 0 radical (unpaired) electrons. The maximum atomic E-state index is 13.3. The van der Waals surface area contributed by atoms with Gasteiger partial charge in [0.1, 0.15) is 47.4 Å². The zero-order valence-corrected chi connectivity index (χ0v) is 36.0. The number of nitrogens with zero attached hydrogens (tertiary/aromatic N) is 1. The Hall–Kier alpha value is -6.44. The summed E-state index contributed by atoms with van der Waals surface area (Å²) >= 11 is 0. The van der Waals surface area contributed by atoms with Crippen molar-refractivity contribution in [3.8, 4) is 0 Å². The summed E-state index contributed by atoms with van der Waals surface area (Å²) < 4.78 is 62.8. The molecule has 0 saturated heterocycles. The van der Waals surface area contributed by atoms with Crippen LogP contribution in [0.3, 0.4) is 0 Å². The highest BCUT2D eigenvalue weighted by Crippen LogP contribution is 2.27. The van der Waals surface area contributed by atoms with Crippen LogP contribution in [0.25, 0.3) is 0 Å². The van der Waals surface area contributed by atoms with Crippen molar-refractivity contribution >= 4 is 41.2 Å².